The van der Waals surface area contributed by atoms with Crippen LogP contribution in [0.4, 0.5) is 10.5 Å². The average Bonchev–Trinajstić information content (AvgIpc) is 2.61. The summed E-state index contributed by atoms with van der Waals surface area (Å²) in [4.78, 5) is 42.6. The minimum Gasteiger partial charge on any atom is -0.462 e. The first-order valence-electron chi connectivity index (χ1n) is 7.90. The monoisotopic (exact) mass is 343 g/mol. The summed E-state index contributed by atoms with van der Waals surface area (Å²) in [5, 5.41) is 0. The van der Waals surface area contributed by atoms with Gasteiger partial charge in [0.2, 0.25) is 0 Å². The summed E-state index contributed by atoms with van der Waals surface area (Å²) in [6, 6.07) is 6.88. The van der Waals surface area contributed by atoms with Gasteiger partial charge in [0.25, 0.3) is 5.56 Å². The smallest absolute Gasteiger partial charge is 0.414 e. The molecule has 0 spiro atoms. The number of amides is 1. The number of esters is 1. The summed E-state index contributed by atoms with van der Waals surface area (Å²) in [5.74, 6) is -0.384. The van der Waals surface area contributed by atoms with Crippen molar-refractivity contribution in [2.24, 2.45) is 0 Å². The molecule has 0 atom stereocenters. The normalized spacial score (nSPS) is 12.2. The third-order valence-electron chi connectivity index (χ3n) is 3.73. The van der Waals surface area contributed by atoms with Crippen LogP contribution in [-0.4, -0.2) is 34.8 Å². The molecule has 0 N–H and O–H groups in total. The Morgan fingerprint density at radius 3 is 2.48 bits per heavy atom. The van der Waals surface area contributed by atoms with Crippen molar-refractivity contribution in [2.45, 2.75) is 20.4 Å². The van der Waals surface area contributed by atoms with Crippen LogP contribution in [0.15, 0.2) is 35.3 Å². The molecule has 0 saturated heterocycles. The van der Waals surface area contributed by atoms with Crippen LogP contribution in [-0.2, 0) is 16.0 Å². The Morgan fingerprint density at radius 1 is 1.12 bits per heavy atom. The molecule has 1 aromatic heterocycles. The molecule has 2 aromatic rings. The molecule has 0 unspecified atom stereocenters. The van der Waals surface area contributed by atoms with Crippen molar-refractivity contribution in [3.05, 3.63) is 52.2 Å². The first-order valence-corrected chi connectivity index (χ1v) is 7.90. The van der Waals surface area contributed by atoms with Crippen molar-refractivity contribution in [1.29, 1.82) is 0 Å². The molecular weight excluding hydrogens is 326 g/mol. The van der Waals surface area contributed by atoms with E-state index in [1.54, 1.807) is 38.1 Å². The highest BCUT2D eigenvalue weighted by Gasteiger charge is 2.30. The first kappa shape index (κ1) is 16.7. The maximum Gasteiger partial charge on any atom is 0.414 e. The number of rotatable bonds is 3. The fraction of sp³-hybridized carbons (Fsp3) is 0.294. The summed E-state index contributed by atoms with van der Waals surface area (Å²) in [6.45, 7) is 3.84. The summed E-state index contributed by atoms with van der Waals surface area (Å²) < 4.78 is 11.3. The summed E-state index contributed by atoms with van der Waals surface area (Å²) >= 11 is 0. The van der Waals surface area contributed by atoms with Crippen LogP contribution >= 0.6 is 0 Å². The lowest BCUT2D eigenvalue weighted by atomic mass is 10.2. The van der Waals surface area contributed by atoms with Crippen molar-refractivity contribution < 1.29 is 19.1 Å². The van der Waals surface area contributed by atoms with Crippen LogP contribution in [0, 0.1) is 0 Å². The van der Waals surface area contributed by atoms with Gasteiger partial charge in [0, 0.05) is 6.20 Å². The van der Waals surface area contributed by atoms with E-state index in [0.717, 1.165) is 0 Å². The Morgan fingerprint density at radius 2 is 1.80 bits per heavy atom. The lowest BCUT2D eigenvalue weighted by molar-refractivity contribution is 0.0523. The summed E-state index contributed by atoms with van der Waals surface area (Å²) in [6.07, 6.45) is 0.661. The zero-order chi connectivity index (χ0) is 18.0. The van der Waals surface area contributed by atoms with E-state index in [0.29, 0.717) is 17.2 Å². The Kier molecular flexibility index (Phi) is 4.51. The molecule has 1 aromatic carbocycles. The number of carbonyl (C=O) groups excluding carboxylic acids is 2. The van der Waals surface area contributed by atoms with Gasteiger partial charge in [0.05, 0.1) is 31.1 Å². The van der Waals surface area contributed by atoms with E-state index in [1.807, 2.05) is 0 Å². The topological polar surface area (TPSA) is 90.7 Å². The Hall–Kier alpha value is -3.16. The zero-order valence-electron chi connectivity index (χ0n) is 13.9. The van der Waals surface area contributed by atoms with Gasteiger partial charge in [-0.2, -0.15) is 0 Å². The van der Waals surface area contributed by atoms with Crippen molar-refractivity contribution in [1.82, 2.24) is 9.55 Å². The van der Waals surface area contributed by atoms with Gasteiger partial charge >= 0.3 is 12.1 Å². The second-order valence-corrected chi connectivity index (χ2v) is 5.22. The highest BCUT2D eigenvalue weighted by Crippen LogP contribution is 2.30. The second kappa shape index (κ2) is 6.76. The van der Waals surface area contributed by atoms with Crippen molar-refractivity contribution in [3.8, 4) is 5.69 Å². The van der Waals surface area contributed by atoms with Crippen LogP contribution in [0.5, 0.6) is 0 Å². The van der Waals surface area contributed by atoms with E-state index in [4.69, 9.17) is 9.47 Å². The van der Waals surface area contributed by atoms with Gasteiger partial charge in [-0.25, -0.2) is 14.6 Å². The van der Waals surface area contributed by atoms with E-state index >= 15 is 0 Å². The average molecular weight is 343 g/mol. The predicted octanol–water partition coefficient (Wildman–Crippen LogP) is 1.89. The van der Waals surface area contributed by atoms with Crippen molar-refractivity contribution >= 4 is 17.7 Å². The number of benzene rings is 1. The van der Waals surface area contributed by atoms with Crippen LogP contribution in [0.25, 0.3) is 5.69 Å². The lowest BCUT2D eigenvalue weighted by Gasteiger charge is -2.30. The largest absolute Gasteiger partial charge is 0.462 e. The van der Waals surface area contributed by atoms with Gasteiger partial charge in [-0.1, -0.05) is 12.1 Å². The van der Waals surface area contributed by atoms with Gasteiger partial charge in [0.15, 0.2) is 0 Å². The molecule has 0 fully saturated rings. The van der Waals surface area contributed by atoms with Crippen LogP contribution in [0.1, 0.15) is 30.0 Å². The first-order chi connectivity index (χ1) is 12.1. The molecule has 2 heterocycles. The SMILES string of the molecule is CCOC(=O)c1cnc2n(c1=O)-c1ccccc1N(C(=O)OCC)C2. The molecule has 3 rings (SSSR count). The highest BCUT2D eigenvalue weighted by molar-refractivity contribution is 5.92. The second-order valence-electron chi connectivity index (χ2n) is 5.22. The molecule has 8 heteroatoms. The molecule has 1 aliphatic rings. The predicted molar refractivity (Wildman–Crippen MR) is 89.0 cm³/mol. The third kappa shape index (κ3) is 2.86. The number of ether oxygens (including phenoxy) is 2. The van der Waals surface area contributed by atoms with Crippen molar-refractivity contribution in [3.63, 3.8) is 0 Å². The number of nitrogens with zero attached hydrogens (tertiary/aromatic N) is 3. The van der Waals surface area contributed by atoms with Crippen LogP contribution in [0.3, 0.4) is 0 Å². The molecule has 1 aliphatic heterocycles. The molecule has 0 aliphatic carbocycles. The van der Waals surface area contributed by atoms with Crippen molar-refractivity contribution in [2.75, 3.05) is 18.1 Å². The third-order valence-corrected chi connectivity index (χ3v) is 3.73. The molecule has 1 amide bonds. The number of hydrogen-bond acceptors (Lipinski definition) is 6. The lowest BCUT2D eigenvalue weighted by Crippen LogP contribution is -2.41. The summed E-state index contributed by atoms with van der Waals surface area (Å²) in [7, 11) is 0. The molecule has 130 valence electrons. The number of fused-ring (bicyclic) bond motifs is 3. The maximum atomic E-state index is 12.8. The number of carbonyl (C=O) groups is 2. The minimum absolute atomic E-state index is 0.0637. The van der Waals surface area contributed by atoms with E-state index in [1.165, 1.54) is 15.7 Å². The standard InChI is InChI=1S/C17H17N3O5/c1-3-24-16(22)11-9-18-14-10-19(17(23)25-4-2)12-7-5-6-8-13(12)20(14)15(11)21/h5-9H,3-4,10H2,1-2H3. The number of hydrogen-bond donors (Lipinski definition) is 0. The van der Waals surface area contributed by atoms with Gasteiger partial charge in [-0.3, -0.25) is 14.3 Å². The molecule has 0 saturated carbocycles. The fourth-order valence-electron chi connectivity index (χ4n) is 2.67. The quantitative estimate of drug-likeness (QED) is 0.791. The Labute approximate surface area is 143 Å². The van der Waals surface area contributed by atoms with Gasteiger partial charge < -0.3 is 9.47 Å². The molecule has 0 radical (unpaired) electrons. The fourth-order valence-corrected chi connectivity index (χ4v) is 2.67. The Balaban J connectivity index is 2.15. The van der Waals surface area contributed by atoms with E-state index in [9.17, 15) is 14.4 Å². The maximum absolute atomic E-state index is 12.8. The molecule has 0 bridgehead atoms. The molecular formula is C17H17N3O5. The molecule has 25 heavy (non-hydrogen) atoms. The van der Waals surface area contributed by atoms with E-state index in [-0.39, 0.29) is 25.3 Å². The number of aromatic nitrogens is 2. The van der Waals surface area contributed by atoms with Gasteiger partial charge in [-0.15, -0.1) is 0 Å². The number of anilines is 1. The number of para-hydroxylation sites is 2. The van der Waals surface area contributed by atoms with Gasteiger partial charge in [-0.05, 0) is 26.0 Å². The van der Waals surface area contributed by atoms with Gasteiger partial charge in [0.1, 0.15) is 11.4 Å². The van der Waals surface area contributed by atoms with Crippen LogP contribution in [0.2, 0.25) is 0 Å². The van der Waals surface area contributed by atoms with E-state index < -0.39 is 17.6 Å². The van der Waals surface area contributed by atoms with E-state index in [2.05, 4.69) is 4.98 Å². The highest BCUT2D eigenvalue weighted by atomic mass is 16.6. The van der Waals surface area contributed by atoms with Crippen LogP contribution < -0.4 is 10.5 Å². The summed E-state index contributed by atoms with van der Waals surface area (Å²) in [5.41, 5.74) is 0.295. The Bertz CT molecular complexity index is 890. The minimum atomic E-state index is -0.722. The molecule has 8 nitrogen and oxygen atoms in total. The zero-order valence-corrected chi connectivity index (χ0v) is 13.9.